The van der Waals surface area contributed by atoms with Crippen LogP contribution in [0.5, 0.6) is 5.75 Å². The van der Waals surface area contributed by atoms with Gasteiger partial charge in [0.1, 0.15) is 18.1 Å². The van der Waals surface area contributed by atoms with E-state index in [1.807, 2.05) is 0 Å². The van der Waals surface area contributed by atoms with Crippen molar-refractivity contribution in [1.29, 1.82) is 0 Å². The van der Waals surface area contributed by atoms with E-state index in [1.165, 1.54) is 11.0 Å². The molecule has 2 rings (SSSR count). The van der Waals surface area contributed by atoms with E-state index in [-0.39, 0.29) is 18.0 Å². The Morgan fingerprint density at radius 1 is 1.38 bits per heavy atom. The second-order valence-electron chi connectivity index (χ2n) is 5.12. The number of phenols is 1. The van der Waals surface area contributed by atoms with Crippen LogP contribution in [0, 0.1) is 5.82 Å². The second-order valence-corrected chi connectivity index (χ2v) is 5.12. The number of piperazine rings is 1. The lowest BCUT2D eigenvalue weighted by atomic mass is 10.1. The molecule has 2 amide bonds. The summed E-state index contributed by atoms with van der Waals surface area (Å²) in [5, 5.41) is 9.64. The van der Waals surface area contributed by atoms with Gasteiger partial charge in [-0.05, 0) is 18.6 Å². The summed E-state index contributed by atoms with van der Waals surface area (Å²) >= 11 is 0. The molecule has 1 aliphatic rings. The van der Waals surface area contributed by atoms with Gasteiger partial charge in [0.25, 0.3) is 5.91 Å². The minimum absolute atomic E-state index is 0.000631. The van der Waals surface area contributed by atoms with Crippen LogP contribution in [0.4, 0.5) is 4.39 Å². The lowest BCUT2D eigenvalue weighted by molar-refractivity contribution is -0.135. The summed E-state index contributed by atoms with van der Waals surface area (Å²) in [7, 11) is 0. The molecule has 1 aromatic rings. The highest BCUT2D eigenvalue weighted by atomic mass is 19.1. The molecule has 21 heavy (non-hydrogen) atoms. The maximum Gasteiger partial charge on any atom is 0.258 e. The van der Waals surface area contributed by atoms with Gasteiger partial charge in [0.2, 0.25) is 5.91 Å². The van der Waals surface area contributed by atoms with Crippen LogP contribution in [0.2, 0.25) is 0 Å². The average Bonchev–Trinajstić information content (AvgIpc) is 2.45. The van der Waals surface area contributed by atoms with Gasteiger partial charge in [-0.15, -0.1) is 0 Å². The maximum atomic E-state index is 12.9. The van der Waals surface area contributed by atoms with Crippen molar-refractivity contribution in [3.8, 4) is 5.75 Å². The van der Waals surface area contributed by atoms with Crippen LogP contribution in [0.3, 0.4) is 0 Å². The number of rotatable bonds is 4. The molecule has 0 bridgehead atoms. The van der Waals surface area contributed by atoms with Crippen molar-refractivity contribution in [2.24, 2.45) is 0 Å². The summed E-state index contributed by atoms with van der Waals surface area (Å²) in [6.07, 6.45) is 1.95. The van der Waals surface area contributed by atoms with Crippen LogP contribution < -0.4 is 0 Å². The number of carbonyl (C=O) groups is 2. The Balaban J connectivity index is 2.03. The average molecular weight is 294 g/mol. The van der Waals surface area contributed by atoms with Crippen LogP contribution in [0.15, 0.2) is 18.2 Å². The number of hydrogen-bond acceptors (Lipinski definition) is 3. The molecule has 6 heteroatoms. The third-order valence-electron chi connectivity index (χ3n) is 3.58. The third kappa shape index (κ3) is 3.51. The number of amides is 2. The molecular formula is C15H19FN2O3. The van der Waals surface area contributed by atoms with E-state index >= 15 is 0 Å². The summed E-state index contributed by atoms with van der Waals surface area (Å²) < 4.78 is 12.9. The van der Waals surface area contributed by atoms with Gasteiger partial charge in [-0.1, -0.05) is 13.3 Å². The van der Waals surface area contributed by atoms with E-state index in [4.69, 9.17) is 0 Å². The van der Waals surface area contributed by atoms with Crippen molar-refractivity contribution in [2.45, 2.75) is 19.8 Å². The van der Waals surface area contributed by atoms with Crippen LogP contribution in [0.1, 0.15) is 30.1 Å². The predicted octanol–water partition coefficient (Wildman–Crippen LogP) is 1.62. The lowest BCUT2D eigenvalue weighted by Crippen LogP contribution is -2.52. The van der Waals surface area contributed by atoms with Crippen molar-refractivity contribution < 1.29 is 19.1 Å². The lowest BCUT2D eigenvalue weighted by Gasteiger charge is -2.34. The minimum atomic E-state index is -0.607. The zero-order chi connectivity index (χ0) is 15.4. The molecule has 1 aliphatic heterocycles. The van der Waals surface area contributed by atoms with E-state index in [0.29, 0.717) is 19.6 Å². The van der Waals surface area contributed by atoms with Gasteiger partial charge >= 0.3 is 0 Å². The van der Waals surface area contributed by atoms with Gasteiger partial charge in [0, 0.05) is 25.7 Å². The molecule has 1 N–H and O–H groups in total. The molecule has 1 aromatic carbocycles. The second kappa shape index (κ2) is 6.56. The Kier molecular flexibility index (Phi) is 4.77. The molecule has 0 aromatic heterocycles. The predicted molar refractivity (Wildman–Crippen MR) is 75.5 cm³/mol. The molecule has 1 heterocycles. The van der Waals surface area contributed by atoms with Gasteiger partial charge in [0.05, 0.1) is 5.56 Å². The quantitative estimate of drug-likeness (QED) is 0.918. The summed E-state index contributed by atoms with van der Waals surface area (Å²) in [5.74, 6) is -1.55. The smallest absolute Gasteiger partial charge is 0.258 e. The topological polar surface area (TPSA) is 60.9 Å². The number of halogens is 1. The first kappa shape index (κ1) is 15.3. The standard InChI is InChI=1S/C15H19FN2O3/c1-2-3-6-17-7-8-18(10-14(17)20)15(21)12-5-4-11(16)9-13(12)19/h4-5,9,19H,2-3,6-8,10H2,1H3. The molecular weight excluding hydrogens is 275 g/mol. The summed E-state index contributed by atoms with van der Waals surface area (Å²) in [5.41, 5.74) is 0.0196. The zero-order valence-electron chi connectivity index (χ0n) is 12.0. The molecule has 1 saturated heterocycles. The van der Waals surface area contributed by atoms with Crippen molar-refractivity contribution in [3.05, 3.63) is 29.6 Å². The normalized spacial score (nSPS) is 15.4. The monoisotopic (exact) mass is 294 g/mol. The molecule has 0 aliphatic carbocycles. The van der Waals surface area contributed by atoms with E-state index < -0.39 is 17.5 Å². The first-order chi connectivity index (χ1) is 10.0. The van der Waals surface area contributed by atoms with Crippen LogP contribution in [-0.2, 0) is 4.79 Å². The van der Waals surface area contributed by atoms with Crippen molar-refractivity contribution >= 4 is 11.8 Å². The first-order valence-corrected chi connectivity index (χ1v) is 7.08. The molecule has 0 spiro atoms. The Bertz CT molecular complexity index is 548. The van der Waals surface area contributed by atoms with Crippen LogP contribution in [0.25, 0.3) is 0 Å². The molecule has 0 unspecified atom stereocenters. The van der Waals surface area contributed by atoms with Gasteiger partial charge in [-0.25, -0.2) is 4.39 Å². The van der Waals surface area contributed by atoms with E-state index in [0.717, 1.165) is 25.0 Å². The SMILES string of the molecule is CCCCN1CCN(C(=O)c2ccc(F)cc2O)CC1=O. The maximum absolute atomic E-state index is 12.9. The summed E-state index contributed by atoms with van der Waals surface area (Å²) in [4.78, 5) is 27.4. The summed E-state index contributed by atoms with van der Waals surface area (Å²) in [6.45, 7) is 3.68. The minimum Gasteiger partial charge on any atom is -0.507 e. The van der Waals surface area contributed by atoms with Crippen LogP contribution in [-0.4, -0.2) is 52.9 Å². The van der Waals surface area contributed by atoms with Gasteiger partial charge in [0.15, 0.2) is 0 Å². The number of benzene rings is 1. The molecule has 0 radical (unpaired) electrons. The first-order valence-electron chi connectivity index (χ1n) is 7.08. The number of unbranched alkanes of at least 4 members (excludes halogenated alkanes) is 1. The number of nitrogens with zero attached hydrogens (tertiary/aromatic N) is 2. The fraction of sp³-hybridized carbons (Fsp3) is 0.467. The third-order valence-corrected chi connectivity index (χ3v) is 3.58. The highest BCUT2D eigenvalue weighted by Gasteiger charge is 2.28. The highest BCUT2D eigenvalue weighted by molar-refractivity contribution is 5.99. The summed E-state index contributed by atoms with van der Waals surface area (Å²) in [6, 6.07) is 3.25. The van der Waals surface area contributed by atoms with E-state index in [9.17, 15) is 19.1 Å². The Labute approximate surface area is 123 Å². The number of aromatic hydroxyl groups is 1. The Morgan fingerprint density at radius 2 is 2.14 bits per heavy atom. The van der Waals surface area contributed by atoms with Crippen molar-refractivity contribution in [1.82, 2.24) is 9.80 Å². The number of carbonyl (C=O) groups excluding carboxylic acids is 2. The molecule has 114 valence electrons. The fourth-order valence-corrected chi connectivity index (χ4v) is 2.32. The molecule has 5 nitrogen and oxygen atoms in total. The van der Waals surface area contributed by atoms with Gasteiger partial charge < -0.3 is 14.9 Å². The molecule has 0 atom stereocenters. The number of hydrogen-bond donors (Lipinski definition) is 1. The molecule has 0 saturated carbocycles. The fourth-order valence-electron chi connectivity index (χ4n) is 2.32. The largest absolute Gasteiger partial charge is 0.507 e. The Hall–Kier alpha value is -2.11. The van der Waals surface area contributed by atoms with Crippen LogP contribution >= 0.6 is 0 Å². The number of phenolic OH excluding ortho intramolecular Hbond substituents is 1. The van der Waals surface area contributed by atoms with Gasteiger partial charge in [-0.2, -0.15) is 0 Å². The van der Waals surface area contributed by atoms with Crippen molar-refractivity contribution in [2.75, 3.05) is 26.2 Å². The van der Waals surface area contributed by atoms with Gasteiger partial charge in [-0.3, -0.25) is 9.59 Å². The van der Waals surface area contributed by atoms with Crippen molar-refractivity contribution in [3.63, 3.8) is 0 Å². The van der Waals surface area contributed by atoms with E-state index in [1.54, 1.807) is 4.90 Å². The van der Waals surface area contributed by atoms with E-state index in [2.05, 4.69) is 6.92 Å². The highest BCUT2D eigenvalue weighted by Crippen LogP contribution is 2.20. The Morgan fingerprint density at radius 3 is 2.76 bits per heavy atom. The zero-order valence-corrected chi connectivity index (χ0v) is 12.0. The molecule has 1 fully saturated rings.